The van der Waals surface area contributed by atoms with E-state index in [1.807, 2.05) is 126 Å². The molecule has 3 saturated heterocycles. The molecule has 12 rings (SSSR count). The Balaban J connectivity index is 0.000000161. The number of amides is 2. The number of hydrogen-bond donors (Lipinski definition) is 8. The highest BCUT2D eigenvalue weighted by atomic mass is 32.1. The van der Waals surface area contributed by atoms with Gasteiger partial charge in [-0.05, 0) is 97.4 Å². The molecule has 5 aromatic rings. The SMILES string of the molecule is CC(=O)OC[C@H]1CC(NC(=O)OCc2ccccc2)[C@@H]2OC(C)(C)O[C@H]12.CC(=O)OC[C@H]1C[C@@H](N)[C@@H]2OC(C)(C)O[C@H]12.CC(=O)OC[C@H]1C[C@@H](Nc2nc(NCC(F)(F)F)nc(C)c2-c2nc3ccccc3s2)[C@H](O)[C@@H]1O.CC1(C)O[C@@H]2[C@@H](CO)CC(NC(=O)OCc3ccccc3)[C@@H]2O1. The van der Waals surface area contributed by atoms with Gasteiger partial charge in [0.25, 0.3) is 0 Å². The molecule has 0 radical (unpaired) electrons. The molecular weight excluding hydrogens is 1330 g/mol. The molecule has 5 heterocycles. The number of nitrogens with two attached hydrogens (primary N) is 1. The number of ether oxygens (including phenoxy) is 11. The number of alkyl halides is 3. The second-order valence-electron chi connectivity index (χ2n) is 27.1. The number of aryl methyl sites for hydroxylation is 1. The van der Waals surface area contributed by atoms with Crippen LogP contribution in [-0.2, 0) is 79.7 Å². The summed E-state index contributed by atoms with van der Waals surface area (Å²) in [6.45, 7) is 16.4. The molecule has 16 atom stereocenters. The summed E-state index contributed by atoms with van der Waals surface area (Å²) in [6.07, 6.45) is -6.72. The first-order chi connectivity index (χ1) is 47.2. The molecule has 31 heteroatoms. The molecule has 3 aliphatic heterocycles. The van der Waals surface area contributed by atoms with Crippen molar-refractivity contribution in [3.05, 3.63) is 102 Å². The first-order valence-corrected chi connectivity index (χ1v) is 34.0. The van der Waals surface area contributed by atoms with Gasteiger partial charge in [-0.1, -0.05) is 72.8 Å². The molecular formula is C69H91F3N8O19S. The number of esters is 3. The Bertz CT molecular complexity index is 3550. The van der Waals surface area contributed by atoms with Gasteiger partial charge in [-0.15, -0.1) is 11.3 Å². The maximum atomic E-state index is 12.8. The fourth-order valence-electron chi connectivity index (χ4n) is 13.4. The van der Waals surface area contributed by atoms with Crippen LogP contribution in [0, 0.1) is 30.6 Å². The lowest BCUT2D eigenvalue weighted by Gasteiger charge is -2.23. The van der Waals surface area contributed by atoms with Crippen LogP contribution in [0.2, 0.25) is 0 Å². The number of para-hydroxylation sites is 1. The number of aliphatic hydroxyl groups is 3. The first-order valence-electron chi connectivity index (χ1n) is 33.2. The predicted molar refractivity (Wildman–Crippen MR) is 355 cm³/mol. The van der Waals surface area contributed by atoms with Crippen molar-refractivity contribution < 1.29 is 105 Å². The van der Waals surface area contributed by atoms with E-state index in [9.17, 15) is 52.5 Å². The number of alkyl carbamates (subject to hydrolysis) is 2. The number of thiazole rings is 1. The lowest BCUT2D eigenvalue weighted by atomic mass is 10.1. The topological polar surface area (TPSA) is 360 Å². The van der Waals surface area contributed by atoms with Crippen LogP contribution >= 0.6 is 11.3 Å². The van der Waals surface area contributed by atoms with Crippen LogP contribution in [0.15, 0.2) is 84.9 Å². The number of anilines is 2. The normalized spacial score (nSPS) is 29.2. The van der Waals surface area contributed by atoms with Crippen LogP contribution in [0.3, 0.4) is 0 Å². The largest absolute Gasteiger partial charge is 0.465 e. The van der Waals surface area contributed by atoms with Gasteiger partial charge in [0, 0.05) is 57.1 Å². The van der Waals surface area contributed by atoms with E-state index in [4.69, 9.17) is 57.8 Å². The van der Waals surface area contributed by atoms with Gasteiger partial charge in [0.05, 0.1) is 83.8 Å². The Labute approximate surface area is 581 Å². The number of hydrogen-bond acceptors (Lipinski definition) is 26. The van der Waals surface area contributed by atoms with Gasteiger partial charge < -0.3 is 94.4 Å². The molecule has 2 amide bonds. The number of carbonyl (C=O) groups excluding carboxylic acids is 5. The minimum absolute atomic E-state index is 0.0118. The molecule has 0 bridgehead atoms. The number of nitrogens with zero attached hydrogens (tertiary/aromatic N) is 3. The highest BCUT2D eigenvalue weighted by Crippen LogP contribution is 2.45. The van der Waals surface area contributed by atoms with Crippen LogP contribution in [0.25, 0.3) is 20.8 Å². The zero-order valence-corrected chi connectivity index (χ0v) is 58.2. The van der Waals surface area contributed by atoms with Crippen LogP contribution in [0.5, 0.6) is 0 Å². The number of benzene rings is 3. The zero-order valence-electron chi connectivity index (χ0n) is 57.4. The van der Waals surface area contributed by atoms with Crippen molar-refractivity contribution in [1.29, 1.82) is 0 Å². The Morgan fingerprint density at radius 1 is 0.570 bits per heavy atom. The van der Waals surface area contributed by atoms with Crippen molar-refractivity contribution in [1.82, 2.24) is 25.6 Å². The third-order valence-corrected chi connectivity index (χ3v) is 18.8. The molecule has 9 N–H and O–H groups in total. The molecule has 7 fully saturated rings. The van der Waals surface area contributed by atoms with E-state index in [1.165, 1.54) is 32.1 Å². The van der Waals surface area contributed by atoms with Gasteiger partial charge in [0.1, 0.15) is 55.0 Å². The van der Waals surface area contributed by atoms with E-state index in [0.29, 0.717) is 35.7 Å². The van der Waals surface area contributed by atoms with Crippen molar-refractivity contribution in [3.8, 4) is 10.6 Å². The summed E-state index contributed by atoms with van der Waals surface area (Å²) in [5, 5.41) is 42.1. The standard InChI is InChI=1S/C22H24F3N5O4S.C19H25NO6.C17H23NO5.C11H19NO4/c1-10-16(20-29-13-5-3-4-6-15(13)35-20)19(30-21(27-10)26-9-22(23,24)25)28-14-7-12(8-34-11(2)31)17(32)18(14)33;1-12(21)23-11-14-9-15(17-16(14)25-19(2,3)26-17)20-18(22)24-10-13-7-5-4-6-8-13;1-17(2)22-14-12(9-19)8-13(15(14)23-17)18-16(20)21-10-11-6-4-3-5-7-11;1-6(13)14-5-7-4-8(12)10-9(7)15-11(2,3)16-10/h3-6,12,14,17-18,32-33H,7-9H2,1-2H3,(H2,26,27,28,30);4-8,14-17H,9-11H2,1-3H3,(H,20,22);3-7,12-15,19H,8-10H2,1-2H3,(H,18,20);7-10H,4-5,12H2,1-3H3/t12-,14-,17-,18+;14-,15?,16-,17+;12-,13?,14-,15+;7-,8-,9-,10+/m1111/s1. The van der Waals surface area contributed by atoms with Crippen molar-refractivity contribution in [2.75, 3.05) is 43.6 Å². The van der Waals surface area contributed by atoms with Gasteiger partial charge in [-0.3, -0.25) is 14.4 Å². The maximum Gasteiger partial charge on any atom is 0.407 e. The average molecular weight is 1430 g/mol. The number of fused-ring (bicyclic) bond motifs is 4. The molecule has 27 nitrogen and oxygen atoms in total. The minimum atomic E-state index is -4.47. The summed E-state index contributed by atoms with van der Waals surface area (Å²) < 4.78 is 100. The number of aliphatic hydroxyl groups excluding tert-OH is 3. The van der Waals surface area contributed by atoms with Gasteiger partial charge in [0.15, 0.2) is 17.4 Å². The van der Waals surface area contributed by atoms with E-state index >= 15 is 0 Å². The summed E-state index contributed by atoms with van der Waals surface area (Å²) in [4.78, 5) is 70.3. The van der Waals surface area contributed by atoms with E-state index in [1.54, 1.807) is 6.92 Å². The second kappa shape index (κ2) is 33.1. The van der Waals surface area contributed by atoms with Crippen molar-refractivity contribution in [2.45, 2.75) is 205 Å². The summed E-state index contributed by atoms with van der Waals surface area (Å²) in [5.41, 5.74) is 9.45. The lowest BCUT2D eigenvalue weighted by molar-refractivity contribution is -0.163. The minimum Gasteiger partial charge on any atom is -0.465 e. The fourth-order valence-corrected chi connectivity index (χ4v) is 14.4. The summed E-state index contributed by atoms with van der Waals surface area (Å²) in [7, 11) is 0. The number of nitrogens with one attached hydrogen (secondary N) is 4. The van der Waals surface area contributed by atoms with Crippen molar-refractivity contribution in [2.24, 2.45) is 29.4 Å². The highest BCUT2D eigenvalue weighted by Gasteiger charge is 2.57. The lowest BCUT2D eigenvalue weighted by Crippen LogP contribution is -2.43. The van der Waals surface area contributed by atoms with E-state index < -0.39 is 72.4 Å². The van der Waals surface area contributed by atoms with Crippen molar-refractivity contribution >= 4 is 63.4 Å². The molecule has 4 aliphatic carbocycles. The predicted octanol–water partition coefficient (Wildman–Crippen LogP) is 7.74. The Morgan fingerprint density at radius 2 is 1.01 bits per heavy atom. The number of rotatable bonds is 18. The monoisotopic (exact) mass is 1420 g/mol. The van der Waals surface area contributed by atoms with Crippen LogP contribution in [0.4, 0.5) is 34.5 Å². The molecule has 7 aliphatic rings. The molecule has 2 aromatic heterocycles. The molecule has 0 spiro atoms. The molecule has 2 unspecified atom stereocenters. The molecule has 3 aromatic carbocycles. The number of aromatic nitrogens is 3. The Hall–Kier alpha value is -7.43. The smallest absolute Gasteiger partial charge is 0.407 e. The number of halogens is 3. The highest BCUT2D eigenvalue weighted by molar-refractivity contribution is 7.21. The van der Waals surface area contributed by atoms with E-state index in [0.717, 1.165) is 27.8 Å². The molecule has 4 saturated carbocycles. The molecule has 548 valence electrons. The van der Waals surface area contributed by atoms with Gasteiger partial charge in [0.2, 0.25) is 5.95 Å². The second-order valence-corrected chi connectivity index (χ2v) is 28.1. The summed E-state index contributed by atoms with van der Waals surface area (Å²) in [6, 6.07) is 25.2. The van der Waals surface area contributed by atoms with Crippen molar-refractivity contribution in [3.63, 3.8) is 0 Å². The maximum absolute atomic E-state index is 12.8. The van der Waals surface area contributed by atoms with Crippen LogP contribution in [0.1, 0.15) is 105 Å². The third kappa shape index (κ3) is 20.9. The van der Waals surface area contributed by atoms with E-state index in [2.05, 4.69) is 36.2 Å². The van der Waals surface area contributed by atoms with Gasteiger partial charge >= 0.3 is 36.3 Å². The van der Waals surface area contributed by atoms with Gasteiger partial charge in [-0.25, -0.2) is 19.6 Å². The first kappa shape index (κ1) is 76.7. The quantitative estimate of drug-likeness (QED) is 0.0307. The third-order valence-electron chi connectivity index (χ3n) is 17.7. The summed E-state index contributed by atoms with van der Waals surface area (Å²) in [5.74, 6) is -3.65. The molecule has 100 heavy (non-hydrogen) atoms. The number of carbonyl (C=O) groups is 5. The Morgan fingerprint density at radius 3 is 1.51 bits per heavy atom. The Kier molecular flexibility index (Phi) is 25.4. The van der Waals surface area contributed by atoms with Gasteiger partial charge in [-0.2, -0.15) is 18.2 Å². The summed E-state index contributed by atoms with van der Waals surface area (Å²) >= 11 is 1.37. The average Bonchev–Trinajstić information content (AvgIpc) is 1.61. The van der Waals surface area contributed by atoms with Crippen LogP contribution < -0.4 is 27.0 Å². The fraction of sp³-hybridized carbons (Fsp3) is 0.594. The van der Waals surface area contributed by atoms with Crippen LogP contribution in [-0.4, -0.2) is 190 Å². The van der Waals surface area contributed by atoms with E-state index in [-0.39, 0.29) is 136 Å². The zero-order chi connectivity index (χ0) is 72.4.